The molecule has 2 N–H and O–H groups in total. The lowest BCUT2D eigenvalue weighted by atomic mass is 10.0. The van der Waals surface area contributed by atoms with Crippen molar-refractivity contribution in [3.8, 4) is 28.6 Å². The number of carboxylic acid groups (broad SMARTS) is 1. The van der Waals surface area contributed by atoms with Gasteiger partial charge >= 0.3 is 5.97 Å². The number of aromatic hydroxyl groups is 1. The Kier molecular flexibility index (Phi) is 3.43. The van der Waals surface area contributed by atoms with Crippen molar-refractivity contribution in [1.29, 1.82) is 0 Å². The fourth-order valence-corrected chi connectivity index (χ4v) is 2.70. The van der Waals surface area contributed by atoms with Gasteiger partial charge in [0.05, 0.1) is 11.1 Å². The van der Waals surface area contributed by atoms with Crippen LogP contribution in [0.5, 0.6) is 5.75 Å². The van der Waals surface area contributed by atoms with Gasteiger partial charge in [-0.25, -0.2) is 4.79 Å². The molecule has 122 valence electrons. The minimum Gasteiger partial charge on any atom is -0.507 e. The van der Waals surface area contributed by atoms with Crippen LogP contribution in [0.3, 0.4) is 0 Å². The van der Waals surface area contributed by atoms with Gasteiger partial charge in [-0.2, -0.15) is 4.98 Å². The SMILES string of the molecule is O=C(O)c1ccc(O)c(-c2noc(-c3cccc4ccccc34)n2)c1. The van der Waals surface area contributed by atoms with Gasteiger partial charge in [-0.05, 0) is 35.0 Å². The predicted octanol–water partition coefficient (Wildman–Crippen LogP) is 3.96. The average molecular weight is 332 g/mol. The minimum atomic E-state index is -1.10. The fraction of sp³-hybridized carbons (Fsp3) is 0. The van der Waals surface area contributed by atoms with Gasteiger partial charge in [0.25, 0.3) is 5.89 Å². The van der Waals surface area contributed by atoms with Crippen LogP contribution in [-0.4, -0.2) is 26.3 Å². The molecule has 25 heavy (non-hydrogen) atoms. The summed E-state index contributed by atoms with van der Waals surface area (Å²) in [5.41, 5.74) is 1.00. The van der Waals surface area contributed by atoms with Crippen LogP contribution in [0, 0.1) is 0 Å². The Labute approximate surface area is 142 Å². The highest BCUT2D eigenvalue weighted by Crippen LogP contribution is 2.32. The van der Waals surface area contributed by atoms with Crippen LogP contribution in [0.1, 0.15) is 10.4 Å². The van der Waals surface area contributed by atoms with Crippen LogP contribution < -0.4 is 0 Å². The first-order valence-electron chi connectivity index (χ1n) is 7.52. The molecule has 0 unspecified atom stereocenters. The molecule has 3 aromatic carbocycles. The Balaban J connectivity index is 1.83. The standard InChI is InChI=1S/C19H12N2O4/c22-16-9-8-12(19(23)24)10-15(16)17-20-18(25-21-17)14-7-3-5-11-4-1-2-6-13(11)14/h1-10,22H,(H,23,24). The van der Waals surface area contributed by atoms with E-state index in [4.69, 9.17) is 9.63 Å². The van der Waals surface area contributed by atoms with E-state index in [1.807, 2.05) is 42.5 Å². The van der Waals surface area contributed by atoms with Crippen molar-refractivity contribution in [3.63, 3.8) is 0 Å². The molecule has 4 aromatic rings. The molecule has 6 heteroatoms. The molecule has 0 atom stereocenters. The zero-order valence-electron chi connectivity index (χ0n) is 12.9. The van der Waals surface area contributed by atoms with Crippen molar-refractivity contribution in [2.75, 3.05) is 0 Å². The topological polar surface area (TPSA) is 96.5 Å². The van der Waals surface area contributed by atoms with Crippen LogP contribution in [-0.2, 0) is 0 Å². The molecule has 0 saturated heterocycles. The Morgan fingerprint density at radius 2 is 1.76 bits per heavy atom. The normalized spacial score (nSPS) is 10.9. The van der Waals surface area contributed by atoms with E-state index in [1.165, 1.54) is 18.2 Å². The third-order valence-corrected chi connectivity index (χ3v) is 3.93. The van der Waals surface area contributed by atoms with E-state index >= 15 is 0 Å². The van der Waals surface area contributed by atoms with Crippen molar-refractivity contribution < 1.29 is 19.5 Å². The number of aromatic carboxylic acids is 1. The lowest BCUT2D eigenvalue weighted by molar-refractivity contribution is 0.0697. The lowest BCUT2D eigenvalue weighted by Gasteiger charge is -2.02. The van der Waals surface area contributed by atoms with E-state index in [0.717, 1.165) is 16.3 Å². The number of aromatic nitrogens is 2. The minimum absolute atomic E-state index is 0.0318. The number of fused-ring (bicyclic) bond motifs is 1. The second kappa shape index (κ2) is 5.76. The van der Waals surface area contributed by atoms with E-state index in [1.54, 1.807) is 0 Å². The number of rotatable bonds is 3. The maximum Gasteiger partial charge on any atom is 0.335 e. The van der Waals surface area contributed by atoms with Crippen LogP contribution in [0.2, 0.25) is 0 Å². The van der Waals surface area contributed by atoms with Gasteiger partial charge in [-0.3, -0.25) is 0 Å². The van der Waals surface area contributed by atoms with Crippen molar-refractivity contribution in [2.24, 2.45) is 0 Å². The van der Waals surface area contributed by atoms with E-state index < -0.39 is 5.97 Å². The second-order valence-electron chi connectivity index (χ2n) is 5.49. The molecule has 0 aliphatic heterocycles. The van der Waals surface area contributed by atoms with Crippen molar-refractivity contribution >= 4 is 16.7 Å². The summed E-state index contributed by atoms with van der Waals surface area (Å²) in [5, 5.41) is 25.0. The number of phenolic OH excluding ortho intramolecular Hbond substituents is 1. The number of hydrogen-bond donors (Lipinski definition) is 2. The molecule has 6 nitrogen and oxygen atoms in total. The number of carboxylic acids is 1. The molecule has 1 aromatic heterocycles. The summed E-state index contributed by atoms with van der Waals surface area (Å²) in [4.78, 5) is 15.5. The van der Waals surface area contributed by atoms with Gasteiger partial charge < -0.3 is 14.7 Å². The summed E-state index contributed by atoms with van der Waals surface area (Å²) < 4.78 is 5.35. The average Bonchev–Trinajstić information content (AvgIpc) is 3.11. The molecule has 1 heterocycles. The van der Waals surface area contributed by atoms with E-state index in [-0.39, 0.29) is 22.7 Å². The smallest absolute Gasteiger partial charge is 0.335 e. The molecule has 0 spiro atoms. The van der Waals surface area contributed by atoms with Crippen LogP contribution in [0.15, 0.2) is 65.2 Å². The third-order valence-electron chi connectivity index (χ3n) is 3.93. The summed E-state index contributed by atoms with van der Waals surface area (Å²) in [7, 11) is 0. The Morgan fingerprint density at radius 1 is 0.960 bits per heavy atom. The largest absolute Gasteiger partial charge is 0.507 e. The Morgan fingerprint density at radius 3 is 2.60 bits per heavy atom. The third kappa shape index (κ3) is 2.59. The first kappa shape index (κ1) is 14.9. The number of benzene rings is 3. The number of carbonyl (C=O) groups is 1. The Bertz CT molecular complexity index is 1100. The number of nitrogens with zero attached hydrogens (tertiary/aromatic N) is 2. The number of phenols is 1. The second-order valence-corrected chi connectivity index (χ2v) is 5.49. The molecule has 0 aliphatic carbocycles. The van der Waals surface area contributed by atoms with Gasteiger partial charge in [-0.15, -0.1) is 0 Å². The molecule has 0 saturated carbocycles. The predicted molar refractivity (Wildman–Crippen MR) is 91.3 cm³/mol. The Hall–Kier alpha value is -3.67. The molecule has 0 aliphatic rings. The zero-order valence-corrected chi connectivity index (χ0v) is 12.9. The number of hydrogen-bond acceptors (Lipinski definition) is 5. The first-order valence-corrected chi connectivity index (χ1v) is 7.52. The van der Waals surface area contributed by atoms with E-state index in [0.29, 0.717) is 5.89 Å². The highest BCUT2D eigenvalue weighted by molar-refractivity contribution is 5.95. The van der Waals surface area contributed by atoms with Crippen LogP contribution in [0.25, 0.3) is 33.6 Å². The van der Waals surface area contributed by atoms with Crippen LogP contribution >= 0.6 is 0 Å². The molecule has 0 amide bonds. The summed E-state index contributed by atoms with van der Waals surface area (Å²) in [6, 6.07) is 17.5. The van der Waals surface area contributed by atoms with Gasteiger partial charge in [0, 0.05) is 5.56 Å². The molecular formula is C19H12N2O4. The van der Waals surface area contributed by atoms with Gasteiger partial charge in [-0.1, -0.05) is 41.6 Å². The highest BCUT2D eigenvalue weighted by Gasteiger charge is 2.17. The molecule has 0 radical (unpaired) electrons. The van der Waals surface area contributed by atoms with Gasteiger partial charge in [0.1, 0.15) is 5.75 Å². The summed E-state index contributed by atoms with van der Waals surface area (Å²) in [6.07, 6.45) is 0. The summed E-state index contributed by atoms with van der Waals surface area (Å²) in [5.74, 6) is -0.787. The molecular weight excluding hydrogens is 320 g/mol. The van der Waals surface area contributed by atoms with Crippen LogP contribution in [0.4, 0.5) is 0 Å². The van der Waals surface area contributed by atoms with Crippen molar-refractivity contribution in [3.05, 3.63) is 66.2 Å². The van der Waals surface area contributed by atoms with Crippen molar-refractivity contribution in [2.45, 2.75) is 0 Å². The monoisotopic (exact) mass is 332 g/mol. The first-order chi connectivity index (χ1) is 12.1. The zero-order chi connectivity index (χ0) is 17.4. The van der Waals surface area contributed by atoms with E-state index in [2.05, 4.69) is 10.1 Å². The van der Waals surface area contributed by atoms with E-state index in [9.17, 15) is 9.90 Å². The highest BCUT2D eigenvalue weighted by atomic mass is 16.5. The van der Waals surface area contributed by atoms with Crippen molar-refractivity contribution in [1.82, 2.24) is 10.1 Å². The summed E-state index contributed by atoms with van der Waals surface area (Å²) in [6.45, 7) is 0. The molecule has 4 rings (SSSR count). The van der Waals surface area contributed by atoms with Gasteiger partial charge in [0.15, 0.2) is 0 Å². The van der Waals surface area contributed by atoms with Gasteiger partial charge in [0.2, 0.25) is 5.82 Å². The molecule has 0 bridgehead atoms. The summed E-state index contributed by atoms with van der Waals surface area (Å²) >= 11 is 0. The quantitative estimate of drug-likeness (QED) is 0.589. The fourth-order valence-electron chi connectivity index (χ4n) is 2.70. The maximum absolute atomic E-state index is 11.1. The molecule has 0 fully saturated rings. The maximum atomic E-state index is 11.1. The lowest BCUT2D eigenvalue weighted by Crippen LogP contribution is -1.96.